The summed E-state index contributed by atoms with van der Waals surface area (Å²) in [7, 11) is 0. The number of aliphatic hydroxyl groups is 1. The van der Waals surface area contributed by atoms with E-state index in [1.54, 1.807) is 19.1 Å². The topological polar surface area (TPSA) is 32.3 Å². The van der Waals surface area contributed by atoms with Crippen molar-refractivity contribution in [2.24, 2.45) is 11.8 Å². The van der Waals surface area contributed by atoms with Gasteiger partial charge in [-0.3, -0.25) is 0 Å². The molecule has 0 aliphatic heterocycles. The molecular formula is C21H36FNO. The Bertz CT molecular complexity index is 445. The van der Waals surface area contributed by atoms with Crippen molar-refractivity contribution < 1.29 is 9.50 Å². The highest BCUT2D eigenvalue weighted by Crippen LogP contribution is 2.30. The minimum atomic E-state index is -0.213. The van der Waals surface area contributed by atoms with Gasteiger partial charge in [-0.1, -0.05) is 25.7 Å². The van der Waals surface area contributed by atoms with Gasteiger partial charge in [0, 0.05) is 12.1 Å². The number of allylic oxidation sites excluding steroid dienone is 4. The average molecular weight is 338 g/mol. The van der Waals surface area contributed by atoms with Crippen molar-refractivity contribution in [3.05, 3.63) is 36.2 Å². The van der Waals surface area contributed by atoms with Gasteiger partial charge < -0.3 is 10.4 Å². The number of halogens is 1. The molecule has 0 aromatic carbocycles. The third kappa shape index (κ3) is 7.76. The third-order valence-corrected chi connectivity index (χ3v) is 5.27. The molecule has 0 bridgehead atoms. The number of hydrogen-bond donors (Lipinski definition) is 2. The van der Waals surface area contributed by atoms with Gasteiger partial charge in [0.2, 0.25) is 0 Å². The lowest BCUT2D eigenvalue weighted by Crippen LogP contribution is -2.42. The Morgan fingerprint density at radius 3 is 2.50 bits per heavy atom. The largest absolute Gasteiger partial charge is 0.393 e. The van der Waals surface area contributed by atoms with Crippen LogP contribution in [0.2, 0.25) is 0 Å². The van der Waals surface area contributed by atoms with E-state index in [0.29, 0.717) is 0 Å². The van der Waals surface area contributed by atoms with E-state index < -0.39 is 0 Å². The molecule has 1 fully saturated rings. The molecule has 0 amide bonds. The summed E-state index contributed by atoms with van der Waals surface area (Å²) in [5.41, 5.74) is 0.991. The molecule has 0 saturated heterocycles. The highest BCUT2D eigenvalue weighted by molar-refractivity contribution is 5.27. The maximum Gasteiger partial charge on any atom is 0.119 e. The summed E-state index contributed by atoms with van der Waals surface area (Å²) in [5.74, 6) is 0.757. The molecule has 0 spiro atoms. The molecular weight excluding hydrogens is 301 g/mol. The van der Waals surface area contributed by atoms with Crippen LogP contribution < -0.4 is 5.32 Å². The first kappa shape index (κ1) is 21.1. The molecule has 2 nitrogen and oxygen atoms in total. The van der Waals surface area contributed by atoms with Crippen molar-refractivity contribution in [3.63, 3.8) is 0 Å². The van der Waals surface area contributed by atoms with Crippen molar-refractivity contribution in [1.29, 1.82) is 0 Å². The first-order valence-electron chi connectivity index (χ1n) is 9.36. The summed E-state index contributed by atoms with van der Waals surface area (Å²) < 4.78 is 13.5. The number of nitrogens with one attached hydrogen (secondary N) is 1. The fraction of sp³-hybridized carbons (Fsp3) is 0.714. The summed E-state index contributed by atoms with van der Waals surface area (Å²) in [5, 5.41) is 13.2. The van der Waals surface area contributed by atoms with E-state index in [-0.39, 0.29) is 23.4 Å². The molecule has 0 radical (unpaired) electrons. The molecule has 0 aromatic rings. The summed E-state index contributed by atoms with van der Waals surface area (Å²) >= 11 is 0. The Hall–Kier alpha value is -0.930. The van der Waals surface area contributed by atoms with Crippen LogP contribution in [0.1, 0.15) is 66.2 Å². The van der Waals surface area contributed by atoms with Gasteiger partial charge in [0.15, 0.2) is 0 Å². The van der Waals surface area contributed by atoms with Crippen molar-refractivity contribution >= 4 is 0 Å². The van der Waals surface area contributed by atoms with Crippen LogP contribution >= 0.6 is 0 Å². The number of aliphatic hydroxyl groups excluding tert-OH is 1. The maximum absolute atomic E-state index is 13.5. The standard InChI is InChI=1S/C21H36FNO/c1-6-18(14-19(22)7-2)16(3)15-23-21(4,5)13-12-17-8-10-20(24)11-9-17/h6-7,14,16-17,20,23-24H,1,8-13,15H2,2-5H3/b18-14+,19-7+. The van der Waals surface area contributed by atoms with E-state index in [1.807, 2.05) is 0 Å². The number of hydrogen-bond acceptors (Lipinski definition) is 2. The summed E-state index contributed by atoms with van der Waals surface area (Å²) in [6, 6.07) is 0. The molecule has 1 unspecified atom stereocenters. The highest BCUT2D eigenvalue weighted by atomic mass is 19.1. The molecule has 1 aliphatic rings. The molecule has 1 atom stereocenters. The lowest BCUT2D eigenvalue weighted by molar-refractivity contribution is 0.103. The van der Waals surface area contributed by atoms with E-state index in [9.17, 15) is 9.50 Å². The molecule has 1 aliphatic carbocycles. The normalized spacial score (nSPS) is 24.8. The highest BCUT2D eigenvalue weighted by Gasteiger charge is 2.24. The van der Waals surface area contributed by atoms with Crippen molar-refractivity contribution in [2.45, 2.75) is 77.9 Å². The Labute approximate surface area is 147 Å². The predicted octanol–water partition coefficient (Wildman–Crippen LogP) is 5.31. The van der Waals surface area contributed by atoms with Gasteiger partial charge in [0.1, 0.15) is 5.83 Å². The predicted molar refractivity (Wildman–Crippen MR) is 102 cm³/mol. The molecule has 1 rings (SSSR count). The third-order valence-electron chi connectivity index (χ3n) is 5.27. The van der Waals surface area contributed by atoms with Gasteiger partial charge in [0.05, 0.1) is 6.10 Å². The second kappa shape index (κ2) is 10.1. The molecule has 138 valence electrons. The summed E-state index contributed by atoms with van der Waals surface area (Å²) in [6.07, 6.45) is 11.3. The second-order valence-electron chi connectivity index (χ2n) is 7.90. The van der Waals surface area contributed by atoms with E-state index in [4.69, 9.17) is 0 Å². The summed E-state index contributed by atoms with van der Waals surface area (Å²) in [4.78, 5) is 0. The first-order valence-corrected chi connectivity index (χ1v) is 9.36. The minimum Gasteiger partial charge on any atom is -0.393 e. The molecule has 0 aromatic heterocycles. The fourth-order valence-corrected chi connectivity index (χ4v) is 3.28. The van der Waals surface area contributed by atoms with Gasteiger partial charge in [0.25, 0.3) is 0 Å². The average Bonchev–Trinajstić information content (AvgIpc) is 2.57. The molecule has 2 N–H and O–H groups in total. The molecule has 3 heteroatoms. The van der Waals surface area contributed by atoms with Gasteiger partial charge in [-0.05, 0) is 82.8 Å². The fourth-order valence-electron chi connectivity index (χ4n) is 3.28. The zero-order valence-corrected chi connectivity index (χ0v) is 15.9. The van der Waals surface area contributed by atoms with Crippen LogP contribution in [-0.2, 0) is 0 Å². The van der Waals surface area contributed by atoms with Gasteiger partial charge in [-0.2, -0.15) is 0 Å². The van der Waals surface area contributed by atoms with Crippen LogP contribution in [-0.4, -0.2) is 23.3 Å². The van der Waals surface area contributed by atoms with Crippen LogP contribution in [0.5, 0.6) is 0 Å². The lowest BCUT2D eigenvalue weighted by Gasteiger charge is -2.32. The van der Waals surface area contributed by atoms with Crippen molar-refractivity contribution in [2.75, 3.05) is 6.54 Å². The van der Waals surface area contributed by atoms with Crippen molar-refractivity contribution in [3.8, 4) is 0 Å². The molecule has 0 heterocycles. The Balaban J connectivity index is 2.43. The summed E-state index contributed by atoms with van der Waals surface area (Å²) in [6.45, 7) is 12.9. The monoisotopic (exact) mass is 337 g/mol. The second-order valence-corrected chi connectivity index (χ2v) is 7.90. The van der Waals surface area contributed by atoms with E-state index in [1.165, 1.54) is 12.5 Å². The first-order chi connectivity index (χ1) is 11.3. The Morgan fingerprint density at radius 2 is 1.96 bits per heavy atom. The number of rotatable bonds is 9. The van der Waals surface area contributed by atoms with E-state index >= 15 is 0 Å². The van der Waals surface area contributed by atoms with Crippen LogP contribution in [0.25, 0.3) is 0 Å². The molecule has 1 saturated carbocycles. The lowest BCUT2D eigenvalue weighted by atomic mass is 9.82. The minimum absolute atomic E-state index is 0.0652. The van der Waals surface area contributed by atoms with Gasteiger partial charge >= 0.3 is 0 Å². The van der Waals surface area contributed by atoms with Crippen LogP contribution in [0, 0.1) is 11.8 Å². The van der Waals surface area contributed by atoms with Gasteiger partial charge in [-0.25, -0.2) is 4.39 Å². The Morgan fingerprint density at radius 1 is 1.33 bits per heavy atom. The van der Waals surface area contributed by atoms with Crippen LogP contribution in [0.15, 0.2) is 36.2 Å². The maximum atomic E-state index is 13.5. The zero-order valence-electron chi connectivity index (χ0n) is 15.9. The SMILES string of the molecule is C=C/C(=C\C(F)=C/C)C(C)CNC(C)(C)CCC1CCC(O)CC1. The smallest absolute Gasteiger partial charge is 0.119 e. The molecule has 24 heavy (non-hydrogen) atoms. The van der Waals surface area contributed by atoms with E-state index in [2.05, 4.69) is 32.7 Å². The van der Waals surface area contributed by atoms with E-state index in [0.717, 1.165) is 50.1 Å². The van der Waals surface area contributed by atoms with Crippen LogP contribution in [0.3, 0.4) is 0 Å². The quantitative estimate of drug-likeness (QED) is 0.559. The Kier molecular flexibility index (Phi) is 8.93. The van der Waals surface area contributed by atoms with Crippen molar-refractivity contribution in [1.82, 2.24) is 5.32 Å². The zero-order chi connectivity index (χ0) is 18.2. The van der Waals surface area contributed by atoms with Gasteiger partial charge in [-0.15, -0.1) is 0 Å². The van der Waals surface area contributed by atoms with Crippen LogP contribution in [0.4, 0.5) is 4.39 Å².